The highest BCUT2D eigenvalue weighted by Gasteiger charge is 2.11. The minimum absolute atomic E-state index is 0.875. The van der Waals surface area contributed by atoms with Crippen molar-refractivity contribution in [2.45, 2.75) is 6.41 Å². The fraction of sp³-hybridized carbons (Fsp3) is 0.667. The summed E-state index contributed by atoms with van der Waals surface area (Å²) >= 11 is 0. The van der Waals surface area contributed by atoms with Crippen LogP contribution in [-0.4, -0.2) is 30.0 Å². The van der Waals surface area contributed by atoms with Crippen LogP contribution in [0.2, 0.25) is 0 Å². The Balaban J connectivity index is 2.45. The first-order valence-electron chi connectivity index (χ1n) is 1.89. The zero-order valence-electron chi connectivity index (χ0n) is 3.90. The van der Waals surface area contributed by atoms with E-state index in [0.717, 1.165) is 0 Å². The second-order valence-corrected chi connectivity index (χ2v) is 1.26. The van der Waals surface area contributed by atoms with Gasteiger partial charge in [0.05, 0.1) is 0 Å². The molecule has 1 N–H and O–H groups in total. The van der Waals surface area contributed by atoms with Crippen molar-refractivity contribution in [3.8, 4) is 0 Å². The van der Waals surface area contributed by atoms with E-state index < -0.39 is 6.41 Å². The lowest BCUT2D eigenvalue weighted by Crippen LogP contribution is -2.22. The highest BCUT2D eigenvalue weighted by atomic mass is 16.6. The van der Waals surface area contributed by atoms with E-state index in [1.54, 1.807) is 7.05 Å². The van der Waals surface area contributed by atoms with Gasteiger partial charge in [-0.2, -0.15) is 0 Å². The molecule has 0 aliphatic carbocycles. The smallest absolute Gasteiger partial charge is 0.297 e. The van der Waals surface area contributed by atoms with Gasteiger partial charge in [-0.3, -0.25) is 0 Å². The Labute approximate surface area is 41.0 Å². The zero-order chi connectivity index (χ0) is 5.28. The highest BCUT2D eigenvalue weighted by molar-refractivity contribution is 5.47. The predicted molar refractivity (Wildman–Crippen MR) is 23.3 cm³/mol. The van der Waals surface area contributed by atoms with Crippen LogP contribution in [-0.2, 0) is 4.74 Å². The first kappa shape index (κ1) is 4.39. The third-order valence-corrected chi connectivity index (χ3v) is 0.732. The van der Waals surface area contributed by atoms with Crippen molar-refractivity contribution >= 4 is 6.40 Å². The van der Waals surface area contributed by atoms with Gasteiger partial charge in [-0.25, -0.2) is 5.01 Å². The Kier molecular flexibility index (Phi) is 0.867. The van der Waals surface area contributed by atoms with Gasteiger partial charge in [0.1, 0.15) is 0 Å². The fourth-order valence-corrected chi connectivity index (χ4v) is 0.301. The van der Waals surface area contributed by atoms with Crippen LogP contribution in [0.4, 0.5) is 0 Å². The second kappa shape index (κ2) is 1.38. The summed E-state index contributed by atoms with van der Waals surface area (Å²) in [7, 11) is 1.62. The number of nitrogens with zero attached hydrogens (tertiary/aromatic N) is 2. The zero-order valence-corrected chi connectivity index (χ0v) is 3.90. The fourth-order valence-electron chi connectivity index (χ4n) is 0.301. The molecule has 1 atom stereocenters. The number of hydrogen-bond acceptors (Lipinski definition) is 4. The molecule has 0 aromatic rings. The number of aliphatic hydroxyl groups excluding tert-OH is 1. The monoisotopic (exact) mass is 102 g/mol. The minimum atomic E-state index is -0.875. The van der Waals surface area contributed by atoms with E-state index in [0.29, 0.717) is 0 Å². The molecule has 4 heteroatoms. The Hall–Kier alpha value is -0.770. The number of ether oxygens (including phenoxy) is 1. The quantitative estimate of drug-likeness (QED) is 0.434. The van der Waals surface area contributed by atoms with Crippen molar-refractivity contribution in [3.05, 3.63) is 0 Å². The standard InChI is InChI=1S/C3H6N2O2/c1-5-3(6)7-2-4-5/h2-3,6H,1H3. The lowest BCUT2D eigenvalue weighted by molar-refractivity contribution is -0.106. The summed E-state index contributed by atoms with van der Waals surface area (Å²) < 4.78 is 4.45. The Morgan fingerprint density at radius 2 is 2.71 bits per heavy atom. The van der Waals surface area contributed by atoms with Crippen molar-refractivity contribution < 1.29 is 9.84 Å². The van der Waals surface area contributed by atoms with Gasteiger partial charge in [-0.15, -0.1) is 5.10 Å². The van der Waals surface area contributed by atoms with Crippen LogP contribution in [0.3, 0.4) is 0 Å². The summed E-state index contributed by atoms with van der Waals surface area (Å²) in [6.45, 7) is 0. The van der Waals surface area contributed by atoms with E-state index in [2.05, 4.69) is 9.84 Å². The molecule has 1 unspecified atom stereocenters. The van der Waals surface area contributed by atoms with Crippen LogP contribution in [0.15, 0.2) is 5.10 Å². The van der Waals surface area contributed by atoms with Gasteiger partial charge >= 0.3 is 0 Å². The van der Waals surface area contributed by atoms with Gasteiger partial charge in [-0.1, -0.05) is 0 Å². The molecule has 0 saturated heterocycles. The summed E-state index contributed by atoms with van der Waals surface area (Å²) in [5, 5.41) is 13.4. The van der Waals surface area contributed by atoms with E-state index in [1.165, 1.54) is 11.4 Å². The maximum absolute atomic E-state index is 8.58. The summed E-state index contributed by atoms with van der Waals surface area (Å²) in [5.41, 5.74) is 0. The Morgan fingerprint density at radius 3 is 2.86 bits per heavy atom. The third-order valence-electron chi connectivity index (χ3n) is 0.732. The number of hydrogen-bond donors (Lipinski definition) is 1. The molecule has 1 aliphatic heterocycles. The molecule has 0 radical (unpaired) electrons. The summed E-state index contributed by atoms with van der Waals surface area (Å²) in [6, 6.07) is 0. The largest absolute Gasteiger partial charge is 0.433 e. The Morgan fingerprint density at radius 1 is 2.00 bits per heavy atom. The SMILES string of the molecule is CN1N=COC1O. The van der Waals surface area contributed by atoms with Gasteiger partial charge in [0.15, 0.2) is 6.40 Å². The summed E-state index contributed by atoms with van der Waals surface area (Å²) in [6.07, 6.45) is 0.324. The van der Waals surface area contributed by atoms with E-state index in [1.807, 2.05) is 0 Å². The molecule has 1 rings (SSSR count). The van der Waals surface area contributed by atoms with Crippen LogP contribution >= 0.6 is 0 Å². The minimum Gasteiger partial charge on any atom is -0.433 e. The Bertz CT molecular complexity index is 92.9. The number of aliphatic hydroxyl groups is 1. The molecular formula is C3H6N2O2. The normalized spacial score (nSPS) is 28.3. The lowest BCUT2D eigenvalue weighted by atomic mass is 11.0. The first-order chi connectivity index (χ1) is 3.30. The van der Waals surface area contributed by atoms with Crippen molar-refractivity contribution in [2.24, 2.45) is 5.10 Å². The van der Waals surface area contributed by atoms with Crippen molar-refractivity contribution in [1.29, 1.82) is 0 Å². The van der Waals surface area contributed by atoms with Gasteiger partial charge in [0.25, 0.3) is 6.41 Å². The maximum atomic E-state index is 8.58. The third kappa shape index (κ3) is 0.640. The molecule has 1 heterocycles. The van der Waals surface area contributed by atoms with Gasteiger partial charge < -0.3 is 9.84 Å². The van der Waals surface area contributed by atoms with Gasteiger partial charge in [0.2, 0.25) is 0 Å². The van der Waals surface area contributed by atoms with Crippen LogP contribution in [0, 0.1) is 0 Å². The average Bonchev–Trinajstić information content (AvgIpc) is 1.91. The maximum Gasteiger partial charge on any atom is 0.297 e. The number of rotatable bonds is 0. The average molecular weight is 102 g/mol. The lowest BCUT2D eigenvalue weighted by Gasteiger charge is -2.08. The molecule has 40 valence electrons. The number of hydrazone groups is 1. The van der Waals surface area contributed by atoms with Crippen LogP contribution in [0.5, 0.6) is 0 Å². The molecule has 1 aliphatic rings. The van der Waals surface area contributed by atoms with E-state index >= 15 is 0 Å². The van der Waals surface area contributed by atoms with Crippen LogP contribution in [0.1, 0.15) is 0 Å². The van der Waals surface area contributed by atoms with Crippen LogP contribution < -0.4 is 0 Å². The highest BCUT2D eigenvalue weighted by Crippen LogP contribution is 1.98. The molecule has 0 amide bonds. The molecule has 0 spiro atoms. The van der Waals surface area contributed by atoms with Crippen molar-refractivity contribution in [3.63, 3.8) is 0 Å². The van der Waals surface area contributed by atoms with Gasteiger partial charge in [0, 0.05) is 7.05 Å². The van der Waals surface area contributed by atoms with E-state index in [4.69, 9.17) is 5.11 Å². The molecule has 0 bridgehead atoms. The topological polar surface area (TPSA) is 45.1 Å². The molecule has 0 aromatic heterocycles. The van der Waals surface area contributed by atoms with E-state index in [9.17, 15) is 0 Å². The molecule has 7 heavy (non-hydrogen) atoms. The van der Waals surface area contributed by atoms with Gasteiger partial charge in [-0.05, 0) is 0 Å². The van der Waals surface area contributed by atoms with Crippen molar-refractivity contribution in [2.75, 3.05) is 7.05 Å². The molecule has 0 fully saturated rings. The summed E-state index contributed by atoms with van der Waals surface area (Å²) in [4.78, 5) is 0. The molecule has 0 saturated carbocycles. The molecule has 0 aromatic carbocycles. The van der Waals surface area contributed by atoms with Crippen molar-refractivity contribution in [1.82, 2.24) is 5.01 Å². The summed E-state index contributed by atoms with van der Waals surface area (Å²) in [5.74, 6) is 0. The first-order valence-corrected chi connectivity index (χ1v) is 1.89. The predicted octanol–water partition coefficient (Wildman–Crippen LogP) is -0.832. The van der Waals surface area contributed by atoms with E-state index in [-0.39, 0.29) is 0 Å². The second-order valence-electron chi connectivity index (χ2n) is 1.26. The molecule has 4 nitrogen and oxygen atoms in total. The van der Waals surface area contributed by atoms with Crippen LogP contribution in [0.25, 0.3) is 0 Å². The molecular weight excluding hydrogens is 96.0 g/mol.